The molecular formula is C17H19N3O5S. The Kier molecular flexibility index (Phi) is 5.19. The third-order valence-corrected chi connectivity index (χ3v) is 5.87. The predicted molar refractivity (Wildman–Crippen MR) is 95.8 cm³/mol. The molecule has 0 atom stereocenters. The van der Waals surface area contributed by atoms with Gasteiger partial charge < -0.3 is 4.52 Å². The lowest BCUT2D eigenvalue weighted by Crippen LogP contribution is -2.32. The molecule has 3 rings (SSSR count). The first-order chi connectivity index (χ1) is 12.4. The van der Waals surface area contributed by atoms with Crippen molar-refractivity contribution in [1.82, 2.24) is 9.88 Å². The van der Waals surface area contributed by atoms with E-state index < -0.39 is 14.9 Å². The third kappa shape index (κ3) is 4.00. The summed E-state index contributed by atoms with van der Waals surface area (Å²) in [5, 5.41) is 14.6. The van der Waals surface area contributed by atoms with Crippen molar-refractivity contribution in [3.8, 4) is 0 Å². The lowest BCUT2D eigenvalue weighted by Gasteiger charge is -2.12. The van der Waals surface area contributed by atoms with E-state index in [4.69, 9.17) is 4.52 Å². The molecule has 0 aliphatic heterocycles. The van der Waals surface area contributed by atoms with Gasteiger partial charge in [-0.1, -0.05) is 36.2 Å². The highest BCUT2D eigenvalue weighted by molar-refractivity contribution is 7.89. The largest absolute Gasteiger partial charge is 0.349 e. The monoisotopic (exact) mass is 377 g/mol. The van der Waals surface area contributed by atoms with Crippen molar-refractivity contribution < 1.29 is 17.9 Å². The van der Waals surface area contributed by atoms with Crippen LogP contribution in [0.4, 0.5) is 5.69 Å². The molecule has 1 heterocycles. The number of sulfonamides is 1. The molecule has 2 aromatic rings. The highest BCUT2D eigenvalue weighted by Crippen LogP contribution is 2.25. The molecule has 1 N–H and O–H groups in total. The molecule has 0 radical (unpaired) electrons. The molecule has 1 aliphatic rings. The summed E-state index contributed by atoms with van der Waals surface area (Å²) in [7, 11) is -3.53. The SMILES string of the molecule is Cc1noc(/C=C/c2ccc(S(=O)(=O)NC3CCCC3)cc2)c1[N+](=O)[O-]. The normalized spacial score (nSPS) is 15.7. The molecule has 1 aromatic heterocycles. The van der Waals surface area contributed by atoms with Crippen LogP contribution in [-0.4, -0.2) is 24.5 Å². The molecule has 0 amide bonds. The molecule has 1 aromatic carbocycles. The highest BCUT2D eigenvalue weighted by atomic mass is 32.2. The first kappa shape index (κ1) is 18.3. The predicted octanol–water partition coefficient (Wildman–Crippen LogP) is 3.28. The Morgan fingerprint density at radius 2 is 1.88 bits per heavy atom. The number of nitro groups is 1. The first-order valence-electron chi connectivity index (χ1n) is 8.28. The second-order valence-corrected chi connectivity index (χ2v) is 7.96. The summed E-state index contributed by atoms with van der Waals surface area (Å²) in [4.78, 5) is 10.7. The summed E-state index contributed by atoms with van der Waals surface area (Å²) in [6.45, 7) is 1.50. The zero-order valence-corrected chi connectivity index (χ0v) is 15.0. The minimum absolute atomic E-state index is 0.00909. The third-order valence-electron chi connectivity index (χ3n) is 4.33. The van der Waals surface area contributed by atoms with Gasteiger partial charge in [0.1, 0.15) is 0 Å². The lowest BCUT2D eigenvalue weighted by molar-refractivity contribution is -0.386. The van der Waals surface area contributed by atoms with Crippen molar-refractivity contribution in [3.63, 3.8) is 0 Å². The highest BCUT2D eigenvalue weighted by Gasteiger charge is 2.23. The average Bonchev–Trinajstić information content (AvgIpc) is 3.22. The molecule has 26 heavy (non-hydrogen) atoms. The van der Waals surface area contributed by atoms with Crippen LogP contribution in [0.1, 0.15) is 42.7 Å². The van der Waals surface area contributed by atoms with Crippen LogP contribution in [0.3, 0.4) is 0 Å². The smallest absolute Gasteiger partial charge is 0.338 e. The van der Waals surface area contributed by atoms with Crippen LogP contribution in [0.15, 0.2) is 33.7 Å². The van der Waals surface area contributed by atoms with Crippen LogP contribution in [-0.2, 0) is 10.0 Å². The minimum atomic E-state index is -3.53. The second kappa shape index (κ2) is 7.38. The average molecular weight is 377 g/mol. The van der Waals surface area contributed by atoms with Crippen LogP contribution in [0.25, 0.3) is 12.2 Å². The van der Waals surface area contributed by atoms with Crippen molar-refractivity contribution >= 4 is 27.9 Å². The molecule has 138 valence electrons. The fourth-order valence-electron chi connectivity index (χ4n) is 2.97. The Morgan fingerprint density at radius 3 is 2.50 bits per heavy atom. The summed E-state index contributed by atoms with van der Waals surface area (Å²) in [5.41, 5.74) is 0.712. The molecule has 9 heteroatoms. The van der Waals surface area contributed by atoms with Crippen LogP contribution >= 0.6 is 0 Å². The van der Waals surface area contributed by atoms with Crippen molar-refractivity contribution in [2.24, 2.45) is 0 Å². The molecule has 1 fully saturated rings. The maximum absolute atomic E-state index is 12.4. The summed E-state index contributed by atoms with van der Waals surface area (Å²) in [6.07, 6.45) is 6.88. The van der Waals surface area contributed by atoms with Crippen molar-refractivity contribution in [1.29, 1.82) is 0 Å². The number of hydrogen-bond donors (Lipinski definition) is 1. The van der Waals surface area contributed by atoms with Gasteiger partial charge in [0.25, 0.3) is 0 Å². The van der Waals surface area contributed by atoms with Gasteiger partial charge in [-0.2, -0.15) is 0 Å². The van der Waals surface area contributed by atoms with Gasteiger partial charge >= 0.3 is 5.69 Å². The number of hydrogen-bond acceptors (Lipinski definition) is 6. The first-order valence-corrected chi connectivity index (χ1v) is 9.76. The summed E-state index contributed by atoms with van der Waals surface area (Å²) >= 11 is 0. The maximum atomic E-state index is 12.4. The van der Waals surface area contributed by atoms with E-state index in [1.807, 2.05) is 0 Å². The fraction of sp³-hybridized carbons (Fsp3) is 0.353. The minimum Gasteiger partial charge on any atom is -0.349 e. The molecule has 0 saturated heterocycles. The Hall–Kier alpha value is -2.52. The number of aryl methyl sites for hydroxylation is 1. The Balaban J connectivity index is 1.74. The van der Waals surface area contributed by atoms with Gasteiger partial charge in [0.2, 0.25) is 15.8 Å². The van der Waals surface area contributed by atoms with E-state index in [0.29, 0.717) is 5.56 Å². The van der Waals surface area contributed by atoms with Gasteiger partial charge in [-0.05, 0) is 43.5 Å². The van der Waals surface area contributed by atoms with E-state index in [2.05, 4.69) is 9.88 Å². The standard InChI is InChI=1S/C17H19N3O5S/c1-12-17(20(21)22)16(25-18-12)11-8-13-6-9-15(10-7-13)26(23,24)19-14-4-2-3-5-14/h6-11,14,19H,2-5H2,1H3/b11-8+. The molecule has 1 aliphatic carbocycles. The Labute approximate surface area is 151 Å². The molecule has 1 saturated carbocycles. The van der Waals surface area contributed by atoms with Crippen molar-refractivity contribution in [2.45, 2.75) is 43.5 Å². The van der Waals surface area contributed by atoms with Gasteiger partial charge in [0.05, 0.1) is 9.82 Å². The Bertz CT molecular complexity index is 926. The zero-order chi connectivity index (χ0) is 18.7. The van der Waals surface area contributed by atoms with E-state index >= 15 is 0 Å². The summed E-state index contributed by atoms with van der Waals surface area (Å²) in [6, 6.07) is 6.30. The molecule has 0 unspecified atom stereocenters. The molecular weight excluding hydrogens is 358 g/mol. The van der Waals surface area contributed by atoms with Gasteiger partial charge in [-0.25, -0.2) is 13.1 Å². The number of nitrogens with zero attached hydrogens (tertiary/aromatic N) is 2. The number of nitrogens with one attached hydrogen (secondary N) is 1. The molecule has 8 nitrogen and oxygen atoms in total. The van der Waals surface area contributed by atoms with E-state index in [-0.39, 0.29) is 28.1 Å². The zero-order valence-electron chi connectivity index (χ0n) is 14.2. The lowest BCUT2D eigenvalue weighted by atomic mass is 10.2. The molecule has 0 spiro atoms. The fourth-order valence-corrected chi connectivity index (χ4v) is 4.28. The Morgan fingerprint density at radius 1 is 1.23 bits per heavy atom. The van der Waals surface area contributed by atoms with Crippen LogP contribution in [0.5, 0.6) is 0 Å². The van der Waals surface area contributed by atoms with Crippen LogP contribution in [0.2, 0.25) is 0 Å². The van der Waals surface area contributed by atoms with Gasteiger partial charge in [0, 0.05) is 6.04 Å². The second-order valence-electron chi connectivity index (χ2n) is 6.24. The quantitative estimate of drug-likeness (QED) is 0.610. The maximum Gasteiger partial charge on any atom is 0.338 e. The number of aromatic nitrogens is 1. The van der Waals surface area contributed by atoms with Gasteiger partial charge in [-0.15, -0.1) is 0 Å². The van der Waals surface area contributed by atoms with E-state index in [1.54, 1.807) is 18.2 Å². The van der Waals surface area contributed by atoms with Crippen molar-refractivity contribution in [2.75, 3.05) is 0 Å². The van der Waals surface area contributed by atoms with Crippen LogP contribution < -0.4 is 4.72 Å². The van der Waals surface area contributed by atoms with E-state index in [1.165, 1.54) is 25.1 Å². The topological polar surface area (TPSA) is 115 Å². The summed E-state index contributed by atoms with van der Waals surface area (Å²) < 4.78 is 32.4. The van der Waals surface area contributed by atoms with Crippen LogP contribution in [0, 0.1) is 17.0 Å². The van der Waals surface area contributed by atoms with E-state index in [0.717, 1.165) is 25.7 Å². The number of benzene rings is 1. The summed E-state index contributed by atoms with van der Waals surface area (Å²) in [5.74, 6) is 0.0482. The van der Waals surface area contributed by atoms with Gasteiger partial charge in [0.15, 0.2) is 5.69 Å². The molecule has 0 bridgehead atoms. The van der Waals surface area contributed by atoms with Crippen molar-refractivity contribution in [3.05, 3.63) is 51.4 Å². The van der Waals surface area contributed by atoms with E-state index in [9.17, 15) is 18.5 Å². The van der Waals surface area contributed by atoms with Gasteiger partial charge in [-0.3, -0.25) is 10.1 Å². The number of rotatable bonds is 6.